The highest BCUT2D eigenvalue weighted by Gasteiger charge is 2.25. The first-order valence-corrected chi connectivity index (χ1v) is 6.50. The molecule has 0 N–H and O–H groups in total. The Morgan fingerprint density at radius 2 is 1.71 bits per heavy atom. The molecule has 0 aromatic heterocycles. The molecule has 0 unspecified atom stereocenters. The second-order valence-electron chi connectivity index (χ2n) is 4.28. The molecular weight excluding hydrogens is 287 g/mol. The third-order valence-electron chi connectivity index (χ3n) is 2.63. The maximum absolute atomic E-state index is 13.6. The number of esters is 1. The smallest absolute Gasteiger partial charge is 0.325 e. The first-order valence-electron chi connectivity index (χ1n) is 6.50. The minimum absolute atomic E-state index is 0.119. The van der Waals surface area contributed by atoms with Gasteiger partial charge in [0.05, 0.1) is 6.61 Å². The molecule has 1 amide bonds. The van der Waals surface area contributed by atoms with Crippen LogP contribution in [-0.2, 0) is 9.53 Å². The van der Waals surface area contributed by atoms with E-state index >= 15 is 0 Å². The molecule has 0 radical (unpaired) electrons. The lowest BCUT2D eigenvalue weighted by atomic mass is 10.1. The summed E-state index contributed by atoms with van der Waals surface area (Å²) in [7, 11) is 0. The maximum atomic E-state index is 13.6. The summed E-state index contributed by atoms with van der Waals surface area (Å²) in [6.45, 7) is 3.17. The van der Waals surface area contributed by atoms with Crippen LogP contribution in [0.1, 0.15) is 30.6 Å². The SMILES string of the molecule is CCCN(CC(=O)OCC)C(=O)c1c(F)cc(F)cc1F. The van der Waals surface area contributed by atoms with Crippen LogP contribution in [0, 0.1) is 17.5 Å². The molecule has 0 fully saturated rings. The Bertz CT molecular complexity index is 511. The highest BCUT2D eigenvalue weighted by atomic mass is 19.1. The third-order valence-corrected chi connectivity index (χ3v) is 2.63. The molecule has 1 aromatic rings. The predicted molar refractivity (Wildman–Crippen MR) is 69.1 cm³/mol. The standard InChI is InChI=1S/C14H16F3NO3/c1-3-5-18(8-12(19)21-4-2)14(20)13-10(16)6-9(15)7-11(13)17/h6-7H,3-5,8H2,1-2H3. The molecule has 0 saturated carbocycles. The topological polar surface area (TPSA) is 46.6 Å². The van der Waals surface area contributed by atoms with Crippen LogP contribution >= 0.6 is 0 Å². The zero-order valence-corrected chi connectivity index (χ0v) is 11.8. The zero-order chi connectivity index (χ0) is 16.0. The molecule has 21 heavy (non-hydrogen) atoms. The van der Waals surface area contributed by atoms with Crippen molar-refractivity contribution < 1.29 is 27.5 Å². The first kappa shape index (κ1) is 17.0. The van der Waals surface area contributed by atoms with E-state index in [1.165, 1.54) is 0 Å². The largest absolute Gasteiger partial charge is 0.465 e. The Hall–Kier alpha value is -2.05. The summed E-state index contributed by atoms with van der Waals surface area (Å²) in [6, 6.07) is 0.843. The minimum Gasteiger partial charge on any atom is -0.465 e. The highest BCUT2D eigenvalue weighted by Crippen LogP contribution is 2.17. The number of benzene rings is 1. The van der Waals surface area contributed by atoms with Crippen LogP contribution in [0.2, 0.25) is 0 Å². The second kappa shape index (κ2) is 7.66. The number of carbonyl (C=O) groups excluding carboxylic acids is 2. The number of carbonyl (C=O) groups is 2. The predicted octanol–water partition coefficient (Wildman–Crippen LogP) is 2.52. The number of amides is 1. The monoisotopic (exact) mass is 303 g/mol. The Labute approximate surface area is 120 Å². The number of ether oxygens (including phenoxy) is 1. The van der Waals surface area contributed by atoms with Crippen molar-refractivity contribution in [1.82, 2.24) is 4.90 Å². The summed E-state index contributed by atoms with van der Waals surface area (Å²) >= 11 is 0. The molecule has 7 heteroatoms. The molecule has 0 aliphatic rings. The third kappa shape index (κ3) is 4.47. The minimum atomic E-state index is -1.30. The summed E-state index contributed by atoms with van der Waals surface area (Å²) in [5.41, 5.74) is -0.880. The van der Waals surface area contributed by atoms with Crippen LogP contribution in [-0.4, -0.2) is 36.5 Å². The molecule has 0 bridgehead atoms. The van der Waals surface area contributed by atoms with E-state index in [1.807, 2.05) is 0 Å². The number of hydrogen-bond donors (Lipinski definition) is 0. The lowest BCUT2D eigenvalue weighted by Crippen LogP contribution is -2.38. The Kier molecular flexibility index (Phi) is 6.20. The van der Waals surface area contributed by atoms with Gasteiger partial charge in [-0.05, 0) is 13.3 Å². The normalized spacial score (nSPS) is 10.3. The summed E-state index contributed by atoms with van der Waals surface area (Å²) in [4.78, 5) is 24.5. The zero-order valence-electron chi connectivity index (χ0n) is 11.8. The molecule has 4 nitrogen and oxygen atoms in total. The van der Waals surface area contributed by atoms with Gasteiger partial charge in [-0.3, -0.25) is 9.59 Å². The van der Waals surface area contributed by atoms with Crippen LogP contribution in [0.4, 0.5) is 13.2 Å². The lowest BCUT2D eigenvalue weighted by Gasteiger charge is -2.21. The van der Waals surface area contributed by atoms with E-state index in [9.17, 15) is 22.8 Å². The van der Waals surface area contributed by atoms with E-state index in [2.05, 4.69) is 0 Å². The van der Waals surface area contributed by atoms with E-state index in [1.54, 1.807) is 13.8 Å². The molecule has 0 saturated heterocycles. The van der Waals surface area contributed by atoms with Gasteiger partial charge >= 0.3 is 5.97 Å². The van der Waals surface area contributed by atoms with Crippen molar-refractivity contribution in [3.63, 3.8) is 0 Å². The Balaban J connectivity index is 3.03. The van der Waals surface area contributed by atoms with Crippen molar-refractivity contribution in [3.8, 4) is 0 Å². The first-order chi connectivity index (χ1) is 9.90. The second-order valence-corrected chi connectivity index (χ2v) is 4.28. The molecule has 0 aliphatic heterocycles. The average molecular weight is 303 g/mol. The van der Waals surface area contributed by atoms with E-state index in [0.29, 0.717) is 18.6 Å². The van der Waals surface area contributed by atoms with Crippen LogP contribution in [0.3, 0.4) is 0 Å². The summed E-state index contributed by atoms with van der Waals surface area (Å²) in [6.07, 6.45) is 0.482. The van der Waals surface area contributed by atoms with Crippen LogP contribution < -0.4 is 0 Å². The molecule has 1 rings (SSSR count). The van der Waals surface area contributed by atoms with Crippen LogP contribution in [0.15, 0.2) is 12.1 Å². The molecule has 116 valence electrons. The van der Waals surface area contributed by atoms with Gasteiger partial charge in [-0.1, -0.05) is 6.92 Å². The van der Waals surface area contributed by atoms with Crippen molar-refractivity contribution in [2.75, 3.05) is 19.7 Å². The van der Waals surface area contributed by atoms with Gasteiger partial charge in [0.2, 0.25) is 0 Å². The molecule has 1 aromatic carbocycles. The quantitative estimate of drug-likeness (QED) is 0.759. The van der Waals surface area contributed by atoms with E-state index in [-0.39, 0.29) is 13.2 Å². The Morgan fingerprint density at radius 3 is 2.19 bits per heavy atom. The number of halogens is 3. The van der Waals surface area contributed by atoms with E-state index in [0.717, 1.165) is 4.90 Å². The van der Waals surface area contributed by atoms with Gasteiger partial charge in [-0.25, -0.2) is 13.2 Å². The van der Waals surface area contributed by atoms with Crippen molar-refractivity contribution >= 4 is 11.9 Å². The molecule has 0 aliphatic carbocycles. The molecular formula is C14H16F3NO3. The lowest BCUT2D eigenvalue weighted by molar-refractivity contribution is -0.143. The van der Waals surface area contributed by atoms with Gasteiger partial charge in [0.1, 0.15) is 29.6 Å². The van der Waals surface area contributed by atoms with Crippen molar-refractivity contribution in [2.24, 2.45) is 0 Å². The summed E-state index contributed by atoms with van der Waals surface area (Å²) in [5.74, 6) is -5.42. The molecule has 0 spiro atoms. The van der Waals surface area contributed by atoms with Crippen molar-refractivity contribution in [1.29, 1.82) is 0 Å². The fourth-order valence-corrected chi connectivity index (χ4v) is 1.79. The number of nitrogens with zero attached hydrogens (tertiary/aromatic N) is 1. The van der Waals surface area contributed by atoms with Gasteiger partial charge in [0, 0.05) is 18.7 Å². The van der Waals surface area contributed by atoms with Gasteiger partial charge in [0.25, 0.3) is 5.91 Å². The molecule has 0 atom stereocenters. The van der Waals surface area contributed by atoms with Crippen LogP contribution in [0.5, 0.6) is 0 Å². The van der Waals surface area contributed by atoms with Gasteiger partial charge in [-0.2, -0.15) is 0 Å². The fraction of sp³-hybridized carbons (Fsp3) is 0.429. The fourth-order valence-electron chi connectivity index (χ4n) is 1.79. The summed E-state index contributed by atoms with van der Waals surface area (Å²) < 4.78 is 44.8. The van der Waals surface area contributed by atoms with Gasteiger partial charge < -0.3 is 9.64 Å². The van der Waals surface area contributed by atoms with Gasteiger partial charge in [-0.15, -0.1) is 0 Å². The highest BCUT2D eigenvalue weighted by molar-refractivity contribution is 5.96. The van der Waals surface area contributed by atoms with E-state index in [4.69, 9.17) is 4.74 Å². The van der Waals surface area contributed by atoms with Crippen molar-refractivity contribution in [3.05, 3.63) is 35.1 Å². The molecule has 0 heterocycles. The average Bonchev–Trinajstić information content (AvgIpc) is 2.37. The van der Waals surface area contributed by atoms with Crippen LogP contribution in [0.25, 0.3) is 0 Å². The van der Waals surface area contributed by atoms with Crippen molar-refractivity contribution in [2.45, 2.75) is 20.3 Å². The number of rotatable bonds is 6. The van der Waals surface area contributed by atoms with E-state index < -0.39 is 41.4 Å². The van der Waals surface area contributed by atoms with Gasteiger partial charge in [0.15, 0.2) is 0 Å². The maximum Gasteiger partial charge on any atom is 0.325 e. The Morgan fingerprint density at radius 1 is 1.14 bits per heavy atom. The number of hydrogen-bond acceptors (Lipinski definition) is 3. The summed E-state index contributed by atoms with van der Waals surface area (Å²) in [5, 5.41) is 0.